The summed E-state index contributed by atoms with van der Waals surface area (Å²) in [6, 6.07) is 11.1. The summed E-state index contributed by atoms with van der Waals surface area (Å²) < 4.78 is 0. The second kappa shape index (κ2) is 9.95. The number of nitrogens with zero attached hydrogens (tertiary/aromatic N) is 4. The highest BCUT2D eigenvalue weighted by Gasteiger charge is 2.23. The van der Waals surface area contributed by atoms with Crippen molar-refractivity contribution >= 4 is 11.6 Å². The van der Waals surface area contributed by atoms with Crippen LogP contribution in [0, 0.1) is 5.92 Å². The summed E-state index contributed by atoms with van der Waals surface area (Å²) in [5.74, 6) is 1.54. The van der Waals surface area contributed by atoms with E-state index in [9.17, 15) is 0 Å². The monoisotopic (exact) mass is 372 g/mol. The smallest absolute Gasteiger partial charge is 0.191 e. The maximum Gasteiger partial charge on any atom is 0.191 e. The molecule has 6 nitrogen and oxygen atoms in total. The summed E-state index contributed by atoms with van der Waals surface area (Å²) in [6.45, 7) is 11.3. The van der Waals surface area contributed by atoms with E-state index < -0.39 is 0 Å². The van der Waals surface area contributed by atoms with Gasteiger partial charge in [-0.15, -0.1) is 0 Å². The molecule has 6 heteroatoms. The Labute approximate surface area is 164 Å². The lowest BCUT2D eigenvalue weighted by molar-refractivity contribution is 0.139. The number of hydrogen-bond acceptors (Lipinski definition) is 4. The van der Waals surface area contributed by atoms with Gasteiger partial charge in [0.2, 0.25) is 0 Å². The molecule has 0 amide bonds. The van der Waals surface area contributed by atoms with Gasteiger partial charge in [-0.05, 0) is 31.5 Å². The van der Waals surface area contributed by atoms with Crippen LogP contribution in [0.1, 0.15) is 13.3 Å². The lowest BCUT2D eigenvalue weighted by Crippen LogP contribution is -2.49. The van der Waals surface area contributed by atoms with Crippen molar-refractivity contribution in [3.8, 4) is 0 Å². The molecule has 2 saturated heterocycles. The minimum absolute atomic E-state index is 0.448. The zero-order valence-corrected chi connectivity index (χ0v) is 17.2. The molecule has 2 unspecified atom stereocenters. The van der Waals surface area contributed by atoms with Crippen LogP contribution < -0.4 is 15.5 Å². The Balaban J connectivity index is 1.38. The van der Waals surface area contributed by atoms with Crippen molar-refractivity contribution in [2.75, 3.05) is 71.4 Å². The molecule has 150 valence electrons. The number of hydrogen-bond donors (Lipinski definition) is 2. The normalized spacial score (nSPS) is 23.4. The van der Waals surface area contributed by atoms with E-state index in [2.05, 4.69) is 74.6 Å². The van der Waals surface area contributed by atoms with E-state index in [1.54, 1.807) is 0 Å². The minimum Gasteiger partial charge on any atom is -0.369 e. The third-order valence-electron chi connectivity index (χ3n) is 5.66. The predicted octanol–water partition coefficient (Wildman–Crippen LogP) is 1.31. The van der Waals surface area contributed by atoms with E-state index >= 15 is 0 Å². The number of benzene rings is 1. The Morgan fingerprint density at radius 3 is 2.59 bits per heavy atom. The highest BCUT2D eigenvalue weighted by Crippen LogP contribution is 2.19. The largest absolute Gasteiger partial charge is 0.369 e. The third kappa shape index (κ3) is 6.11. The number of likely N-dealkylation sites (N-methyl/N-ethyl adjacent to an activating group) is 1. The predicted molar refractivity (Wildman–Crippen MR) is 115 cm³/mol. The molecule has 0 saturated carbocycles. The molecule has 2 aliphatic heterocycles. The van der Waals surface area contributed by atoms with Crippen LogP contribution in [0.3, 0.4) is 0 Å². The molecule has 0 bridgehead atoms. The first-order valence-corrected chi connectivity index (χ1v) is 10.3. The van der Waals surface area contributed by atoms with Gasteiger partial charge in [-0.2, -0.15) is 0 Å². The Kier molecular flexibility index (Phi) is 7.35. The van der Waals surface area contributed by atoms with Gasteiger partial charge in [0.25, 0.3) is 0 Å². The van der Waals surface area contributed by atoms with Crippen molar-refractivity contribution in [3.63, 3.8) is 0 Å². The van der Waals surface area contributed by atoms with Crippen LogP contribution in [0.2, 0.25) is 0 Å². The average molecular weight is 373 g/mol. The third-order valence-corrected chi connectivity index (χ3v) is 5.66. The summed E-state index contributed by atoms with van der Waals surface area (Å²) in [6.07, 6.45) is 1.15. The molecule has 2 fully saturated rings. The van der Waals surface area contributed by atoms with Crippen molar-refractivity contribution < 1.29 is 0 Å². The quantitative estimate of drug-likeness (QED) is 0.582. The number of piperazine rings is 1. The molecule has 2 atom stereocenters. The number of rotatable bonds is 6. The maximum absolute atomic E-state index is 4.43. The summed E-state index contributed by atoms with van der Waals surface area (Å²) in [5, 5.41) is 7.14. The summed E-state index contributed by atoms with van der Waals surface area (Å²) in [4.78, 5) is 11.9. The van der Waals surface area contributed by atoms with Crippen LogP contribution in [-0.4, -0.2) is 88.3 Å². The van der Waals surface area contributed by atoms with Gasteiger partial charge < -0.3 is 25.3 Å². The molecule has 27 heavy (non-hydrogen) atoms. The highest BCUT2D eigenvalue weighted by molar-refractivity contribution is 5.80. The maximum atomic E-state index is 4.43. The van der Waals surface area contributed by atoms with E-state index in [0.29, 0.717) is 12.0 Å². The van der Waals surface area contributed by atoms with E-state index in [0.717, 1.165) is 38.6 Å². The van der Waals surface area contributed by atoms with E-state index in [-0.39, 0.29) is 0 Å². The summed E-state index contributed by atoms with van der Waals surface area (Å²) in [7, 11) is 4.07. The highest BCUT2D eigenvalue weighted by atomic mass is 15.3. The van der Waals surface area contributed by atoms with Crippen LogP contribution in [0.15, 0.2) is 35.3 Å². The molecular weight excluding hydrogens is 336 g/mol. The van der Waals surface area contributed by atoms with Gasteiger partial charge in [0.1, 0.15) is 0 Å². The van der Waals surface area contributed by atoms with Crippen LogP contribution in [0.4, 0.5) is 5.69 Å². The molecule has 2 heterocycles. The van der Waals surface area contributed by atoms with Gasteiger partial charge in [-0.1, -0.05) is 25.1 Å². The Hall–Kier alpha value is -1.79. The molecule has 1 aromatic rings. The zero-order valence-electron chi connectivity index (χ0n) is 17.2. The molecule has 0 radical (unpaired) electrons. The zero-order chi connectivity index (χ0) is 19.1. The number of para-hydroxylation sites is 1. The molecule has 1 aromatic carbocycles. The first-order chi connectivity index (χ1) is 13.1. The van der Waals surface area contributed by atoms with Crippen LogP contribution in [-0.2, 0) is 0 Å². The van der Waals surface area contributed by atoms with E-state index in [1.807, 2.05) is 7.05 Å². The summed E-state index contributed by atoms with van der Waals surface area (Å²) in [5.41, 5.74) is 1.31. The number of nitrogens with one attached hydrogen (secondary N) is 2. The number of aliphatic imine (C=N–C) groups is 1. The van der Waals surface area contributed by atoms with Gasteiger partial charge in [0.15, 0.2) is 5.96 Å². The molecule has 2 aliphatic rings. The second-order valence-electron chi connectivity index (χ2n) is 8.07. The first kappa shape index (κ1) is 20.0. The van der Waals surface area contributed by atoms with Gasteiger partial charge in [-0.3, -0.25) is 4.99 Å². The minimum atomic E-state index is 0.448. The molecule has 0 aliphatic carbocycles. The average Bonchev–Trinajstić information content (AvgIpc) is 3.16. The standard InChI is InChI=1S/C21H36N6/c1-18(16-26-13-11-25(3)12-14-26)15-23-21(22-2)24-19-9-10-27(17-19)20-7-5-4-6-8-20/h4-8,18-19H,9-17H2,1-3H3,(H2,22,23,24). The van der Waals surface area contributed by atoms with Gasteiger partial charge in [-0.25, -0.2) is 0 Å². The van der Waals surface area contributed by atoms with Crippen LogP contribution >= 0.6 is 0 Å². The van der Waals surface area contributed by atoms with E-state index in [1.165, 1.54) is 31.9 Å². The summed E-state index contributed by atoms with van der Waals surface area (Å²) >= 11 is 0. The Morgan fingerprint density at radius 1 is 1.15 bits per heavy atom. The molecule has 0 spiro atoms. The SMILES string of the molecule is CN=C(NCC(C)CN1CCN(C)CC1)NC1CCN(c2ccccc2)C1. The van der Waals surface area contributed by atoms with Crippen molar-refractivity contribution in [1.82, 2.24) is 20.4 Å². The number of anilines is 1. The van der Waals surface area contributed by atoms with Gasteiger partial charge in [0.05, 0.1) is 0 Å². The van der Waals surface area contributed by atoms with Crippen molar-refractivity contribution in [2.24, 2.45) is 10.9 Å². The fraction of sp³-hybridized carbons (Fsp3) is 0.667. The van der Waals surface area contributed by atoms with Crippen LogP contribution in [0.5, 0.6) is 0 Å². The fourth-order valence-corrected chi connectivity index (χ4v) is 3.95. The second-order valence-corrected chi connectivity index (χ2v) is 8.07. The lowest BCUT2D eigenvalue weighted by Gasteiger charge is -2.34. The van der Waals surface area contributed by atoms with Crippen molar-refractivity contribution in [3.05, 3.63) is 30.3 Å². The van der Waals surface area contributed by atoms with Gasteiger partial charge in [0, 0.05) is 71.1 Å². The van der Waals surface area contributed by atoms with Gasteiger partial charge >= 0.3 is 0 Å². The van der Waals surface area contributed by atoms with E-state index in [4.69, 9.17) is 0 Å². The van der Waals surface area contributed by atoms with Crippen LogP contribution in [0.25, 0.3) is 0 Å². The fourth-order valence-electron chi connectivity index (χ4n) is 3.95. The Bertz CT molecular complexity index is 582. The Morgan fingerprint density at radius 2 is 1.89 bits per heavy atom. The molecular formula is C21H36N6. The molecule has 0 aromatic heterocycles. The molecule has 2 N–H and O–H groups in total. The first-order valence-electron chi connectivity index (χ1n) is 10.3. The topological polar surface area (TPSA) is 46.1 Å². The number of guanidine groups is 1. The lowest BCUT2D eigenvalue weighted by atomic mass is 10.1. The van der Waals surface area contributed by atoms with Crippen molar-refractivity contribution in [1.29, 1.82) is 0 Å². The van der Waals surface area contributed by atoms with Crippen molar-refractivity contribution in [2.45, 2.75) is 19.4 Å². The molecule has 3 rings (SSSR count).